The van der Waals surface area contributed by atoms with Gasteiger partial charge in [-0.25, -0.2) is 0 Å². The van der Waals surface area contributed by atoms with Crippen LogP contribution in [0.4, 0.5) is 0 Å². The Morgan fingerprint density at radius 1 is 1.15 bits per heavy atom. The second-order valence-electron chi connectivity index (χ2n) is 6.04. The van der Waals surface area contributed by atoms with Gasteiger partial charge in [-0.1, -0.05) is 11.6 Å². The molecular formula is C16H25NO3. The third-order valence-electron chi connectivity index (χ3n) is 4.58. The van der Waals surface area contributed by atoms with Gasteiger partial charge in [0.15, 0.2) is 0 Å². The molecule has 0 heterocycles. The van der Waals surface area contributed by atoms with Gasteiger partial charge >= 0.3 is 5.97 Å². The van der Waals surface area contributed by atoms with Gasteiger partial charge in [0.2, 0.25) is 5.91 Å². The van der Waals surface area contributed by atoms with Gasteiger partial charge < -0.3 is 10.4 Å². The second-order valence-corrected chi connectivity index (χ2v) is 6.04. The van der Waals surface area contributed by atoms with Crippen molar-refractivity contribution in [3.05, 3.63) is 11.6 Å². The summed E-state index contributed by atoms with van der Waals surface area (Å²) >= 11 is 0. The van der Waals surface area contributed by atoms with E-state index in [-0.39, 0.29) is 17.7 Å². The van der Waals surface area contributed by atoms with Crippen LogP contribution in [0.2, 0.25) is 0 Å². The number of hydrogen-bond acceptors (Lipinski definition) is 2. The standard InChI is InChI=1S/C16H25NO3/c18-15(13-6-8-14(9-7-13)16(19)20)17-11-10-12-4-2-1-3-5-12/h4,13-14H,1-3,5-11H2,(H,17,18)(H,19,20). The number of carboxylic acids is 1. The summed E-state index contributed by atoms with van der Waals surface area (Å²) in [5.41, 5.74) is 1.48. The zero-order chi connectivity index (χ0) is 14.4. The number of carbonyl (C=O) groups is 2. The highest BCUT2D eigenvalue weighted by molar-refractivity contribution is 5.79. The Kier molecular flexibility index (Phi) is 5.62. The minimum Gasteiger partial charge on any atom is -0.481 e. The Balaban J connectivity index is 1.65. The summed E-state index contributed by atoms with van der Waals surface area (Å²) in [5, 5.41) is 12.0. The third kappa shape index (κ3) is 4.36. The number of nitrogens with one attached hydrogen (secondary N) is 1. The van der Waals surface area contributed by atoms with Crippen LogP contribution in [-0.4, -0.2) is 23.5 Å². The number of allylic oxidation sites excluding steroid dienone is 1. The summed E-state index contributed by atoms with van der Waals surface area (Å²) in [4.78, 5) is 22.9. The number of rotatable bonds is 5. The summed E-state index contributed by atoms with van der Waals surface area (Å²) in [5.74, 6) is -0.823. The molecule has 2 aliphatic rings. The first-order valence-corrected chi connectivity index (χ1v) is 7.85. The Labute approximate surface area is 120 Å². The fourth-order valence-corrected chi connectivity index (χ4v) is 3.22. The summed E-state index contributed by atoms with van der Waals surface area (Å²) in [6.07, 6.45) is 10.9. The lowest BCUT2D eigenvalue weighted by molar-refractivity contribution is -0.144. The molecule has 2 aliphatic carbocycles. The smallest absolute Gasteiger partial charge is 0.306 e. The number of aliphatic carboxylic acids is 1. The predicted molar refractivity (Wildman–Crippen MR) is 77.3 cm³/mol. The quantitative estimate of drug-likeness (QED) is 0.760. The van der Waals surface area contributed by atoms with Gasteiger partial charge in [-0.05, 0) is 57.8 Å². The molecule has 0 aromatic rings. The van der Waals surface area contributed by atoms with Crippen molar-refractivity contribution in [3.63, 3.8) is 0 Å². The molecule has 0 bridgehead atoms. The molecule has 0 spiro atoms. The van der Waals surface area contributed by atoms with Crippen LogP contribution in [0.1, 0.15) is 57.8 Å². The minimum atomic E-state index is -0.715. The molecule has 112 valence electrons. The van der Waals surface area contributed by atoms with E-state index in [1.54, 1.807) is 0 Å². The molecular weight excluding hydrogens is 254 g/mol. The van der Waals surface area contributed by atoms with Crippen LogP contribution in [0.15, 0.2) is 11.6 Å². The van der Waals surface area contributed by atoms with Crippen LogP contribution < -0.4 is 5.32 Å². The van der Waals surface area contributed by atoms with E-state index in [1.165, 1.54) is 31.3 Å². The Morgan fingerprint density at radius 3 is 2.45 bits per heavy atom. The highest BCUT2D eigenvalue weighted by Crippen LogP contribution is 2.29. The predicted octanol–water partition coefficient (Wildman–Crippen LogP) is 2.88. The maximum Gasteiger partial charge on any atom is 0.306 e. The molecule has 0 aliphatic heterocycles. The van der Waals surface area contributed by atoms with Crippen molar-refractivity contribution in [2.75, 3.05) is 6.54 Å². The molecule has 1 saturated carbocycles. The second kappa shape index (κ2) is 7.46. The van der Waals surface area contributed by atoms with E-state index >= 15 is 0 Å². The third-order valence-corrected chi connectivity index (χ3v) is 4.58. The average molecular weight is 279 g/mol. The van der Waals surface area contributed by atoms with Gasteiger partial charge in [-0.15, -0.1) is 0 Å². The lowest BCUT2D eigenvalue weighted by atomic mass is 9.81. The summed E-state index contributed by atoms with van der Waals surface area (Å²) in [7, 11) is 0. The van der Waals surface area contributed by atoms with E-state index in [0.29, 0.717) is 25.7 Å². The number of carboxylic acid groups (broad SMARTS) is 1. The Bertz CT molecular complexity index is 381. The van der Waals surface area contributed by atoms with Gasteiger partial charge in [0.25, 0.3) is 0 Å². The van der Waals surface area contributed by atoms with Crippen LogP contribution in [0.3, 0.4) is 0 Å². The van der Waals surface area contributed by atoms with Crippen molar-refractivity contribution in [1.29, 1.82) is 0 Å². The molecule has 0 saturated heterocycles. The van der Waals surface area contributed by atoms with Crippen molar-refractivity contribution in [2.24, 2.45) is 11.8 Å². The topological polar surface area (TPSA) is 66.4 Å². The van der Waals surface area contributed by atoms with E-state index in [0.717, 1.165) is 13.0 Å². The minimum absolute atomic E-state index is 0.0194. The van der Waals surface area contributed by atoms with E-state index in [2.05, 4.69) is 11.4 Å². The first-order valence-electron chi connectivity index (χ1n) is 7.85. The molecule has 2 N–H and O–H groups in total. The van der Waals surface area contributed by atoms with Crippen LogP contribution >= 0.6 is 0 Å². The number of amides is 1. The first kappa shape index (κ1) is 15.1. The van der Waals surface area contributed by atoms with Crippen LogP contribution in [0.5, 0.6) is 0 Å². The van der Waals surface area contributed by atoms with Gasteiger partial charge in [0.05, 0.1) is 5.92 Å². The van der Waals surface area contributed by atoms with E-state index in [4.69, 9.17) is 5.11 Å². The fraction of sp³-hybridized carbons (Fsp3) is 0.750. The number of hydrogen-bond donors (Lipinski definition) is 2. The summed E-state index contributed by atoms with van der Waals surface area (Å²) < 4.78 is 0. The zero-order valence-electron chi connectivity index (χ0n) is 12.1. The van der Waals surface area contributed by atoms with Crippen molar-refractivity contribution in [3.8, 4) is 0 Å². The zero-order valence-corrected chi connectivity index (χ0v) is 12.1. The SMILES string of the molecule is O=C(O)C1CCC(C(=O)NCCC2=CCCCC2)CC1. The number of carbonyl (C=O) groups excluding carboxylic acids is 1. The van der Waals surface area contributed by atoms with Crippen molar-refractivity contribution < 1.29 is 14.7 Å². The largest absolute Gasteiger partial charge is 0.481 e. The summed E-state index contributed by atoms with van der Waals surface area (Å²) in [6.45, 7) is 0.726. The van der Waals surface area contributed by atoms with Gasteiger partial charge in [-0.3, -0.25) is 9.59 Å². The molecule has 0 radical (unpaired) electrons. The van der Waals surface area contributed by atoms with Crippen LogP contribution in [0, 0.1) is 11.8 Å². The molecule has 0 atom stereocenters. The van der Waals surface area contributed by atoms with Gasteiger partial charge in [0, 0.05) is 12.5 Å². The molecule has 4 nitrogen and oxygen atoms in total. The first-order chi connectivity index (χ1) is 9.66. The Hall–Kier alpha value is -1.32. The van der Waals surface area contributed by atoms with E-state index < -0.39 is 5.97 Å². The lowest BCUT2D eigenvalue weighted by Gasteiger charge is -2.25. The molecule has 2 rings (SSSR count). The monoisotopic (exact) mass is 279 g/mol. The van der Waals surface area contributed by atoms with Gasteiger partial charge in [-0.2, -0.15) is 0 Å². The fourth-order valence-electron chi connectivity index (χ4n) is 3.22. The molecule has 0 unspecified atom stereocenters. The van der Waals surface area contributed by atoms with Gasteiger partial charge in [0.1, 0.15) is 0 Å². The maximum atomic E-state index is 12.0. The summed E-state index contributed by atoms with van der Waals surface area (Å²) in [6, 6.07) is 0. The van der Waals surface area contributed by atoms with Crippen molar-refractivity contribution in [1.82, 2.24) is 5.32 Å². The average Bonchev–Trinajstić information content (AvgIpc) is 2.48. The maximum absolute atomic E-state index is 12.0. The van der Waals surface area contributed by atoms with Crippen LogP contribution in [-0.2, 0) is 9.59 Å². The normalized spacial score (nSPS) is 26.7. The molecule has 4 heteroatoms. The van der Waals surface area contributed by atoms with Crippen molar-refractivity contribution in [2.45, 2.75) is 57.8 Å². The molecule has 20 heavy (non-hydrogen) atoms. The van der Waals surface area contributed by atoms with E-state index in [1.807, 2.05) is 0 Å². The van der Waals surface area contributed by atoms with E-state index in [9.17, 15) is 9.59 Å². The Morgan fingerprint density at radius 2 is 1.85 bits per heavy atom. The molecule has 0 aromatic heterocycles. The highest BCUT2D eigenvalue weighted by atomic mass is 16.4. The van der Waals surface area contributed by atoms with Crippen LogP contribution in [0.25, 0.3) is 0 Å². The van der Waals surface area contributed by atoms with Crippen molar-refractivity contribution >= 4 is 11.9 Å². The molecule has 1 amide bonds. The highest BCUT2D eigenvalue weighted by Gasteiger charge is 2.29. The lowest BCUT2D eigenvalue weighted by Crippen LogP contribution is -2.35. The molecule has 1 fully saturated rings. The molecule has 0 aromatic carbocycles.